The van der Waals surface area contributed by atoms with Crippen LogP contribution >= 0.6 is 0 Å². The molecule has 1 saturated heterocycles. The standard InChI is InChI=1S/C11H19F2NO/c1-2-3-4-5-10(15)9-6-7-14-8-11(9,12)13/h9,14H,2-8H2,1H3. The zero-order valence-corrected chi connectivity index (χ0v) is 9.19. The number of halogens is 2. The molecule has 0 radical (unpaired) electrons. The summed E-state index contributed by atoms with van der Waals surface area (Å²) in [5.41, 5.74) is 0. The van der Waals surface area contributed by atoms with Crippen LogP contribution in [-0.4, -0.2) is 24.8 Å². The van der Waals surface area contributed by atoms with Crippen molar-refractivity contribution < 1.29 is 13.6 Å². The average molecular weight is 219 g/mol. The van der Waals surface area contributed by atoms with Gasteiger partial charge in [-0.15, -0.1) is 0 Å². The first-order valence-electron chi connectivity index (χ1n) is 5.69. The van der Waals surface area contributed by atoms with Crippen LogP contribution in [0.3, 0.4) is 0 Å². The first-order chi connectivity index (χ1) is 7.08. The molecule has 4 heteroatoms. The van der Waals surface area contributed by atoms with E-state index < -0.39 is 11.8 Å². The van der Waals surface area contributed by atoms with E-state index in [9.17, 15) is 13.6 Å². The van der Waals surface area contributed by atoms with Gasteiger partial charge in [0.2, 0.25) is 0 Å². The fraction of sp³-hybridized carbons (Fsp3) is 0.909. The van der Waals surface area contributed by atoms with Crippen molar-refractivity contribution in [2.24, 2.45) is 5.92 Å². The predicted octanol–water partition coefficient (Wildman–Crippen LogP) is 2.38. The maximum atomic E-state index is 13.3. The first-order valence-corrected chi connectivity index (χ1v) is 5.69. The van der Waals surface area contributed by atoms with Crippen molar-refractivity contribution in [2.45, 2.75) is 45.0 Å². The highest BCUT2D eigenvalue weighted by molar-refractivity contribution is 5.82. The molecule has 1 heterocycles. The number of unbranched alkanes of at least 4 members (excludes halogenated alkanes) is 2. The molecule has 2 nitrogen and oxygen atoms in total. The Morgan fingerprint density at radius 1 is 1.47 bits per heavy atom. The van der Waals surface area contributed by atoms with Gasteiger partial charge in [-0.1, -0.05) is 19.8 Å². The highest BCUT2D eigenvalue weighted by Crippen LogP contribution is 2.31. The van der Waals surface area contributed by atoms with E-state index in [4.69, 9.17) is 0 Å². The molecule has 1 atom stereocenters. The molecule has 88 valence electrons. The molecule has 0 spiro atoms. The summed E-state index contributed by atoms with van der Waals surface area (Å²) >= 11 is 0. The van der Waals surface area contributed by atoms with E-state index in [-0.39, 0.29) is 18.7 Å². The van der Waals surface area contributed by atoms with E-state index in [1.807, 2.05) is 6.92 Å². The Morgan fingerprint density at radius 2 is 2.20 bits per heavy atom. The van der Waals surface area contributed by atoms with Crippen molar-refractivity contribution in [1.82, 2.24) is 5.32 Å². The molecule has 1 aliphatic rings. The molecule has 1 N–H and O–H groups in total. The maximum Gasteiger partial charge on any atom is 0.269 e. The molecule has 1 aliphatic heterocycles. The third-order valence-electron chi connectivity index (χ3n) is 2.90. The second-order valence-electron chi connectivity index (χ2n) is 4.20. The second-order valence-corrected chi connectivity index (χ2v) is 4.20. The summed E-state index contributed by atoms with van der Waals surface area (Å²) in [5, 5.41) is 2.62. The molecule has 1 unspecified atom stereocenters. The Morgan fingerprint density at radius 3 is 2.80 bits per heavy atom. The van der Waals surface area contributed by atoms with Crippen LogP contribution in [0.2, 0.25) is 0 Å². The van der Waals surface area contributed by atoms with Crippen LogP contribution < -0.4 is 5.32 Å². The summed E-state index contributed by atoms with van der Waals surface area (Å²) in [6.07, 6.45) is 3.29. The van der Waals surface area contributed by atoms with Crippen molar-refractivity contribution in [3.05, 3.63) is 0 Å². The number of alkyl halides is 2. The molecule has 1 rings (SSSR count). The molecule has 0 aromatic carbocycles. The lowest BCUT2D eigenvalue weighted by molar-refractivity contribution is -0.140. The summed E-state index contributed by atoms with van der Waals surface area (Å²) in [6, 6.07) is 0. The van der Waals surface area contributed by atoms with Crippen LogP contribution in [0, 0.1) is 5.92 Å². The maximum absolute atomic E-state index is 13.3. The fourth-order valence-electron chi connectivity index (χ4n) is 1.96. The van der Waals surface area contributed by atoms with Gasteiger partial charge in [-0.25, -0.2) is 8.78 Å². The number of carbonyl (C=O) groups is 1. The van der Waals surface area contributed by atoms with Crippen LogP contribution in [0.4, 0.5) is 8.78 Å². The van der Waals surface area contributed by atoms with Gasteiger partial charge in [-0.2, -0.15) is 0 Å². The van der Waals surface area contributed by atoms with Crippen LogP contribution in [0.5, 0.6) is 0 Å². The fourth-order valence-corrected chi connectivity index (χ4v) is 1.96. The zero-order valence-electron chi connectivity index (χ0n) is 9.19. The SMILES string of the molecule is CCCCCC(=O)C1CCNCC1(F)F. The molecule has 0 aliphatic carbocycles. The molecule has 0 saturated carbocycles. The van der Waals surface area contributed by atoms with Crippen molar-refractivity contribution in [3.63, 3.8) is 0 Å². The molecular formula is C11H19F2NO. The molecular weight excluding hydrogens is 200 g/mol. The largest absolute Gasteiger partial charge is 0.311 e. The summed E-state index contributed by atoms with van der Waals surface area (Å²) in [7, 11) is 0. The quantitative estimate of drug-likeness (QED) is 0.719. The number of rotatable bonds is 5. The van der Waals surface area contributed by atoms with E-state index in [0.717, 1.165) is 19.3 Å². The van der Waals surface area contributed by atoms with Gasteiger partial charge in [-0.3, -0.25) is 4.79 Å². The molecule has 15 heavy (non-hydrogen) atoms. The van der Waals surface area contributed by atoms with Crippen LogP contribution in [-0.2, 0) is 4.79 Å². The van der Waals surface area contributed by atoms with Crippen molar-refractivity contribution in [2.75, 3.05) is 13.1 Å². The van der Waals surface area contributed by atoms with E-state index >= 15 is 0 Å². The van der Waals surface area contributed by atoms with E-state index in [0.29, 0.717) is 13.0 Å². The Balaban J connectivity index is 2.42. The lowest BCUT2D eigenvalue weighted by Gasteiger charge is -2.30. The van der Waals surface area contributed by atoms with E-state index in [2.05, 4.69) is 5.32 Å². The van der Waals surface area contributed by atoms with Gasteiger partial charge in [0.25, 0.3) is 5.92 Å². The number of piperidine rings is 1. The Hall–Kier alpha value is -0.510. The number of ketones is 1. The lowest BCUT2D eigenvalue weighted by atomic mass is 9.87. The molecule has 0 amide bonds. The number of hydrogen-bond donors (Lipinski definition) is 1. The highest BCUT2D eigenvalue weighted by Gasteiger charge is 2.44. The van der Waals surface area contributed by atoms with Crippen molar-refractivity contribution in [3.8, 4) is 0 Å². The Bertz CT molecular complexity index is 219. The topological polar surface area (TPSA) is 29.1 Å². The smallest absolute Gasteiger partial charge is 0.269 e. The van der Waals surface area contributed by atoms with Gasteiger partial charge in [0, 0.05) is 6.42 Å². The van der Waals surface area contributed by atoms with Crippen LogP contribution in [0.1, 0.15) is 39.0 Å². The third-order valence-corrected chi connectivity index (χ3v) is 2.90. The monoisotopic (exact) mass is 219 g/mol. The highest BCUT2D eigenvalue weighted by atomic mass is 19.3. The van der Waals surface area contributed by atoms with Gasteiger partial charge in [0.05, 0.1) is 12.5 Å². The van der Waals surface area contributed by atoms with Crippen molar-refractivity contribution in [1.29, 1.82) is 0 Å². The van der Waals surface area contributed by atoms with E-state index in [1.165, 1.54) is 0 Å². The summed E-state index contributed by atoms with van der Waals surface area (Å²) in [5.74, 6) is -4.15. The minimum atomic E-state index is -2.85. The second kappa shape index (κ2) is 5.54. The van der Waals surface area contributed by atoms with Gasteiger partial charge in [0.15, 0.2) is 0 Å². The summed E-state index contributed by atoms with van der Waals surface area (Å²) in [4.78, 5) is 11.6. The van der Waals surface area contributed by atoms with Gasteiger partial charge in [0.1, 0.15) is 5.78 Å². The zero-order chi connectivity index (χ0) is 11.3. The van der Waals surface area contributed by atoms with Crippen molar-refractivity contribution >= 4 is 5.78 Å². The average Bonchev–Trinajstić information content (AvgIpc) is 2.17. The molecule has 0 aromatic heterocycles. The molecule has 0 aromatic rings. The number of carbonyl (C=O) groups excluding carboxylic acids is 1. The van der Waals surface area contributed by atoms with Gasteiger partial charge >= 0.3 is 0 Å². The summed E-state index contributed by atoms with van der Waals surface area (Å²) < 4.78 is 26.7. The van der Waals surface area contributed by atoms with Gasteiger partial charge in [-0.05, 0) is 19.4 Å². The number of Topliss-reactive ketones (excluding diaryl/α,β-unsaturated/α-hetero) is 1. The number of hydrogen-bond acceptors (Lipinski definition) is 2. The summed E-state index contributed by atoms with van der Waals surface area (Å²) in [6.45, 7) is 2.21. The first kappa shape index (κ1) is 12.6. The minimum Gasteiger partial charge on any atom is -0.311 e. The van der Waals surface area contributed by atoms with E-state index in [1.54, 1.807) is 0 Å². The molecule has 0 bridgehead atoms. The Labute approximate surface area is 89.4 Å². The van der Waals surface area contributed by atoms with Crippen LogP contribution in [0.15, 0.2) is 0 Å². The molecule has 1 fully saturated rings. The minimum absolute atomic E-state index is 0.255. The lowest BCUT2D eigenvalue weighted by Crippen LogP contribution is -2.49. The Kier molecular flexibility index (Phi) is 4.64. The predicted molar refractivity (Wildman–Crippen MR) is 55.1 cm³/mol. The van der Waals surface area contributed by atoms with Gasteiger partial charge < -0.3 is 5.32 Å². The third kappa shape index (κ3) is 3.52. The normalized spacial score (nSPS) is 25.1. The van der Waals surface area contributed by atoms with Crippen LogP contribution in [0.25, 0.3) is 0 Å². The number of nitrogens with one attached hydrogen (secondary N) is 1.